The summed E-state index contributed by atoms with van der Waals surface area (Å²) in [5, 5.41) is 6.91. The standard InChI is InChI=1S/C25H24Cl2N4O2S/c1-30-13-15-31(16-14-30)21-8-3-2-7-20(21)28-25(34)29-23(32)12-10-17-9-11-22(33-17)18-5-4-6-19(26)24(18)27/h2-12H,13-16H2,1H3,(H2,28,29,32,34)/b12-10+. The number of furan rings is 1. The Morgan fingerprint density at radius 3 is 2.59 bits per heavy atom. The van der Waals surface area contributed by atoms with Gasteiger partial charge in [0.2, 0.25) is 5.91 Å². The molecule has 0 bridgehead atoms. The van der Waals surface area contributed by atoms with Crippen LogP contribution in [0.25, 0.3) is 17.4 Å². The summed E-state index contributed by atoms with van der Waals surface area (Å²) in [6.45, 7) is 3.86. The summed E-state index contributed by atoms with van der Waals surface area (Å²) >= 11 is 17.7. The van der Waals surface area contributed by atoms with Crippen molar-refractivity contribution in [2.75, 3.05) is 43.4 Å². The lowest BCUT2D eigenvalue weighted by Crippen LogP contribution is -2.45. The highest BCUT2D eigenvalue weighted by molar-refractivity contribution is 7.80. The first-order chi connectivity index (χ1) is 16.4. The molecular weight excluding hydrogens is 491 g/mol. The van der Waals surface area contributed by atoms with Crippen molar-refractivity contribution in [2.45, 2.75) is 0 Å². The van der Waals surface area contributed by atoms with Gasteiger partial charge in [0.25, 0.3) is 0 Å². The summed E-state index contributed by atoms with van der Waals surface area (Å²) in [6.07, 6.45) is 2.93. The van der Waals surface area contributed by atoms with Crippen LogP contribution in [0.1, 0.15) is 5.76 Å². The predicted molar refractivity (Wildman–Crippen MR) is 144 cm³/mol. The Kier molecular flexibility index (Phi) is 7.90. The summed E-state index contributed by atoms with van der Waals surface area (Å²) in [7, 11) is 2.12. The third kappa shape index (κ3) is 5.98. The number of benzene rings is 2. The monoisotopic (exact) mass is 514 g/mol. The second-order valence-electron chi connectivity index (χ2n) is 7.89. The maximum Gasteiger partial charge on any atom is 0.250 e. The van der Waals surface area contributed by atoms with Crippen molar-refractivity contribution in [3.8, 4) is 11.3 Å². The average Bonchev–Trinajstić information content (AvgIpc) is 3.29. The van der Waals surface area contributed by atoms with Crippen molar-refractivity contribution in [3.05, 3.63) is 76.5 Å². The molecule has 3 aromatic rings. The van der Waals surface area contributed by atoms with Crippen molar-refractivity contribution in [1.82, 2.24) is 10.2 Å². The number of para-hydroxylation sites is 2. The largest absolute Gasteiger partial charge is 0.457 e. The molecule has 2 N–H and O–H groups in total. The Hall–Kier alpha value is -2.84. The Bertz CT molecular complexity index is 1220. The van der Waals surface area contributed by atoms with Crippen LogP contribution in [-0.4, -0.2) is 49.1 Å². The van der Waals surface area contributed by atoms with Crippen LogP contribution in [0.3, 0.4) is 0 Å². The summed E-state index contributed by atoms with van der Waals surface area (Å²) < 4.78 is 5.78. The molecule has 0 aliphatic carbocycles. The van der Waals surface area contributed by atoms with Crippen LogP contribution in [-0.2, 0) is 4.79 Å². The van der Waals surface area contributed by atoms with Crippen molar-refractivity contribution >= 4 is 63.9 Å². The minimum atomic E-state index is -0.367. The topological polar surface area (TPSA) is 60.8 Å². The summed E-state index contributed by atoms with van der Waals surface area (Å²) in [6, 6.07) is 16.8. The second-order valence-corrected chi connectivity index (χ2v) is 9.08. The van der Waals surface area contributed by atoms with Crippen molar-refractivity contribution < 1.29 is 9.21 Å². The molecule has 1 fully saturated rings. The van der Waals surface area contributed by atoms with Gasteiger partial charge in [-0.2, -0.15) is 0 Å². The van der Waals surface area contributed by atoms with E-state index >= 15 is 0 Å². The van der Waals surface area contributed by atoms with Crippen molar-refractivity contribution in [2.24, 2.45) is 0 Å². The third-order valence-electron chi connectivity index (χ3n) is 5.48. The molecule has 0 spiro atoms. The second kappa shape index (κ2) is 11.1. The fourth-order valence-electron chi connectivity index (χ4n) is 3.65. The molecule has 2 aromatic carbocycles. The molecule has 1 amide bonds. The quantitative estimate of drug-likeness (QED) is 0.344. The molecule has 1 aliphatic rings. The van der Waals surface area contributed by atoms with E-state index in [0.29, 0.717) is 27.1 Å². The average molecular weight is 515 g/mol. The molecule has 6 nitrogen and oxygen atoms in total. The molecule has 9 heteroatoms. The molecule has 1 aliphatic heterocycles. The first-order valence-corrected chi connectivity index (χ1v) is 11.9. The van der Waals surface area contributed by atoms with Crippen LogP contribution in [0, 0.1) is 0 Å². The van der Waals surface area contributed by atoms with Crippen LogP contribution in [0.15, 0.2) is 65.1 Å². The van der Waals surface area contributed by atoms with Crippen LogP contribution < -0.4 is 15.5 Å². The molecule has 4 rings (SSSR count). The molecule has 0 saturated carbocycles. The highest BCUT2D eigenvalue weighted by atomic mass is 35.5. The van der Waals surface area contributed by atoms with Gasteiger partial charge in [0.15, 0.2) is 5.11 Å². The molecule has 0 radical (unpaired) electrons. The van der Waals surface area contributed by atoms with Crippen LogP contribution in [0.5, 0.6) is 0 Å². The predicted octanol–water partition coefficient (Wildman–Crippen LogP) is 5.53. The van der Waals surface area contributed by atoms with E-state index < -0.39 is 0 Å². The summed E-state index contributed by atoms with van der Waals surface area (Å²) in [5.74, 6) is 0.694. The van der Waals surface area contributed by atoms with Gasteiger partial charge in [-0.3, -0.25) is 10.1 Å². The molecule has 0 atom stereocenters. The van der Waals surface area contributed by atoms with Gasteiger partial charge in [0, 0.05) is 37.8 Å². The number of halogens is 2. The van der Waals surface area contributed by atoms with Crippen LogP contribution >= 0.6 is 35.4 Å². The minimum absolute atomic E-state index is 0.224. The number of amides is 1. The van der Waals surface area contributed by atoms with Gasteiger partial charge in [0.1, 0.15) is 11.5 Å². The molecule has 2 heterocycles. The SMILES string of the molecule is CN1CCN(c2ccccc2NC(=S)NC(=O)/C=C/c2ccc(-c3cccc(Cl)c3Cl)o2)CC1. The summed E-state index contributed by atoms with van der Waals surface area (Å²) in [4.78, 5) is 17.0. The number of anilines is 2. The Labute approximate surface area is 214 Å². The number of rotatable bonds is 5. The number of carbonyl (C=O) groups is 1. The van der Waals surface area contributed by atoms with Gasteiger partial charge in [-0.05, 0) is 61.7 Å². The van der Waals surface area contributed by atoms with Gasteiger partial charge in [-0.15, -0.1) is 0 Å². The van der Waals surface area contributed by atoms with E-state index in [2.05, 4.69) is 33.5 Å². The molecule has 34 heavy (non-hydrogen) atoms. The lowest BCUT2D eigenvalue weighted by Gasteiger charge is -2.35. The van der Waals surface area contributed by atoms with Gasteiger partial charge in [-0.1, -0.05) is 41.4 Å². The Morgan fingerprint density at radius 2 is 1.79 bits per heavy atom. The van der Waals surface area contributed by atoms with Crippen LogP contribution in [0.2, 0.25) is 10.0 Å². The highest BCUT2D eigenvalue weighted by Crippen LogP contribution is 2.34. The fraction of sp³-hybridized carbons (Fsp3) is 0.200. The van der Waals surface area contributed by atoms with Gasteiger partial charge in [0.05, 0.1) is 21.4 Å². The minimum Gasteiger partial charge on any atom is -0.457 e. The van der Waals surface area contributed by atoms with Crippen molar-refractivity contribution in [1.29, 1.82) is 0 Å². The number of thiocarbonyl (C=S) groups is 1. The van der Waals surface area contributed by atoms with Crippen molar-refractivity contribution in [3.63, 3.8) is 0 Å². The highest BCUT2D eigenvalue weighted by Gasteiger charge is 2.17. The third-order valence-corrected chi connectivity index (χ3v) is 6.50. The van der Waals surface area contributed by atoms with E-state index in [1.54, 1.807) is 30.3 Å². The number of nitrogens with one attached hydrogen (secondary N) is 2. The van der Waals surface area contributed by atoms with E-state index in [0.717, 1.165) is 37.6 Å². The van der Waals surface area contributed by atoms with Gasteiger partial charge in [-0.25, -0.2) is 0 Å². The maximum absolute atomic E-state index is 12.4. The number of hydrogen-bond acceptors (Lipinski definition) is 5. The molecule has 176 valence electrons. The Morgan fingerprint density at radius 1 is 1.03 bits per heavy atom. The zero-order valence-electron chi connectivity index (χ0n) is 18.6. The zero-order chi connectivity index (χ0) is 24.1. The number of nitrogens with zero attached hydrogens (tertiary/aromatic N) is 2. The molecule has 1 aromatic heterocycles. The number of piperazine rings is 1. The maximum atomic E-state index is 12.4. The summed E-state index contributed by atoms with van der Waals surface area (Å²) in [5.41, 5.74) is 2.60. The lowest BCUT2D eigenvalue weighted by molar-refractivity contribution is -0.115. The van der Waals surface area contributed by atoms with E-state index in [-0.39, 0.29) is 11.0 Å². The van der Waals surface area contributed by atoms with E-state index in [9.17, 15) is 4.79 Å². The van der Waals surface area contributed by atoms with E-state index in [4.69, 9.17) is 39.8 Å². The first kappa shape index (κ1) is 24.3. The smallest absolute Gasteiger partial charge is 0.250 e. The van der Waals surface area contributed by atoms with E-state index in [1.807, 2.05) is 24.3 Å². The first-order valence-electron chi connectivity index (χ1n) is 10.8. The van der Waals surface area contributed by atoms with E-state index in [1.165, 1.54) is 6.08 Å². The zero-order valence-corrected chi connectivity index (χ0v) is 20.9. The number of hydrogen-bond donors (Lipinski definition) is 2. The van der Waals surface area contributed by atoms with Gasteiger partial charge >= 0.3 is 0 Å². The normalized spacial score (nSPS) is 14.4. The molecule has 1 saturated heterocycles. The fourth-order valence-corrected chi connectivity index (χ4v) is 4.25. The van der Waals surface area contributed by atoms with Gasteiger partial charge < -0.3 is 19.5 Å². The Balaban J connectivity index is 1.36. The van der Waals surface area contributed by atoms with Crippen LogP contribution in [0.4, 0.5) is 11.4 Å². The lowest BCUT2D eigenvalue weighted by atomic mass is 10.2. The number of carbonyl (C=O) groups excluding carboxylic acids is 1. The molecular formula is C25H24Cl2N4O2S. The number of likely N-dealkylation sites (N-methyl/N-ethyl adjacent to an activating group) is 1. The molecule has 0 unspecified atom stereocenters.